The maximum atomic E-state index is 9.44. The highest BCUT2D eigenvalue weighted by atomic mass is 32.3. The maximum Gasteiger partial charge on any atom is 0.413 e. The van der Waals surface area contributed by atoms with Crippen molar-refractivity contribution in [3.63, 3.8) is 0 Å². The van der Waals surface area contributed by atoms with E-state index in [1.54, 1.807) is 18.3 Å². The second-order valence-corrected chi connectivity index (χ2v) is 5.53. The van der Waals surface area contributed by atoms with Gasteiger partial charge in [0.05, 0.1) is 0 Å². The molecule has 0 unspecified atom stereocenters. The van der Waals surface area contributed by atoms with Crippen LogP contribution in [0.5, 0.6) is 5.75 Å². The van der Waals surface area contributed by atoms with E-state index in [1.807, 2.05) is 18.2 Å². The zero-order valence-corrected chi connectivity index (χ0v) is 11.2. The molecular weight excluding hydrogens is 314 g/mol. The van der Waals surface area contributed by atoms with Gasteiger partial charge in [-0.1, -0.05) is 18.2 Å². The van der Waals surface area contributed by atoms with E-state index in [0.717, 1.165) is 5.39 Å². The molecule has 0 aliphatic heterocycles. The molecule has 0 aliphatic rings. The summed E-state index contributed by atoms with van der Waals surface area (Å²) in [7, 11) is -10.2. The molecule has 0 atom stereocenters. The Morgan fingerprint density at radius 3 is 1.95 bits per heavy atom. The van der Waals surface area contributed by atoms with Gasteiger partial charge in [0.15, 0.2) is 0 Å². The molecule has 0 saturated heterocycles. The van der Waals surface area contributed by atoms with E-state index < -0.39 is 20.8 Å². The zero-order valence-electron chi connectivity index (χ0n) is 9.61. The van der Waals surface area contributed by atoms with Crippen LogP contribution < -0.4 is 0 Å². The van der Waals surface area contributed by atoms with E-state index in [4.69, 9.17) is 9.11 Å². The third-order valence-corrected chi connectivity index (χ3v) is 3.16. The molecule has 2 rings (SSSR count). The Bertz CT molecular complexity index is 764. The Morgan fingerprint density at radius 1 is 0.950 bits per heavy atom. The van der Waals surface area contributed by atoms with Gasteiger partial charge in [-0.3, -0.25) is 14.1 Å². The first-order chi connectivity index (χ1) is 9.08. The SMILES string of the molecule is O=S(=O)(O)OS(=O)(=O)O.Oc1cccc2cccnc12. The second kappa shape index (κ2) is 6.11. The van der Waals surface area contributed by atoms with E-state index in [-0.39, 0.29) is 5.75 Å². The molecule has 0 fully saturated rings. The van der Waals surface area contributed by atoms with Gasteiger partial charge in [-0.25, -0.2) is 0 Å². The number of benzene rings is 1. The predicted molar refractivity (Wildman–Crippen MR) is 67.6 cm³/mol. The van der Waals surface area contributed by atoms with Crippen molar-refractivity contribution in [2.24, 2.45) is 0 Å². The van der Waals surface area contributed by atoms with E-state index in [0.29, 0.717) is 5.52 Å². The number of phenolic OH excluding ortho intramolecular Hbond substituents is 1. The summed E-state index contributed by atoms with van der Waals surface area (Å²) in [5, 5.41) is 10.3. The molecule has 110 valence electrons. The summed E-state index contributed by atoms with van der Waals surface area (Å²) >= 11 is 0. The van der Waals surface area contributed by atoms with Gasteiger partial charge in [-0.2, -0.15) is 16.8 Å². The van der Waals surface area contributed by atoms with Crippen molar-refractivity contribution in [2.45, 2.75) is 0 Å². The number of para-hydroxylation sites is 1. The number of pyridine rings is 1. The van der Waals surface area contributed by atoms with Gasteiger partial charge in [0, 0.05) is 11.6 Å². The molecule has 0 amide bonds. The molecule has 1 aromatic heterocycles. The highest BCUT2D eigenvalue weighted by Crippen LogP contribution is 2.20. The van der Waals surface area contributed by atoms with E-state index >= 15 is 0 Å². The average molecular weight is 323 g/mol. The topological polar surface area (TPSA) is 151 Å². The predicted octanol–water partition coefficient (Wildman–Crippen LogP) is 0.549. The van der Waals surface area contributed by atoms with Crippen LogP contribution in [0, 0.1) is 0 Å². The smallest absolute Gasteiger partial charge is 0.413 e. The van der Waals surface area contributed by atoms with Gasteiger partial charge >= 0.3 is 20.8 Å². The lowest BCUT2D eigenvalue weighted by molar-refractivity contribution is 0.344. The fourth-order valence-corrected chi connectivity index (χ4v) is 2.07. The summed E-state index contributed by atoms with van der Waals surface area (Å²) in [4.78, 5) is 4.03. The molecule has 1 aromatic carbocycles. The summed E-state index contributed by atoms with van der Waals surface area (Å²) in [6.07, 6.45) is 1.67. The Hall–Kier alpha value is -1.79. The molecule has 0 aliphatic carbocycles. The van der Waals surface area contributed by atoms with Crippen molar-refractivity contribution in [1.82, 2.24) is 4.98 Å². The van der Waals surface area contributed by atoms with Crippen LogP contribution in [0.1, 0.15) is 0 Å². The molecule has 20 heavy (non-hydrogen) atoms. The van der Waals surface area contributed by atoms with Gasteiger partial charge in [-0.05, 0) is 12.1 Å². The Kier molecular flexibility index (Phi) is 4.97. The first kappa shape index (κ1) is 16.3. The second-order valence-electron chi connectivity index (χ2n) is 3.28. The summed E-state index contributed by atoms with van der Waals surface area (Å²) in [6, 6.07) is 9.13. The van der Waals surface area contributed by atoms with Crippen molar-refractivity contribution in [1.29, 1.82) is 0 Å². The lowest BCUT2D eigenvalue weighted by atomic mass is 10.2. The normalized spacial score (nSPS) is 11.7. The highest BCUT2D eigenvalue weighted by molar-refractivity contribution is 7.94. The number of fused-ring (bicyclic) bond motifs is 1. The molecule has 0 bridgehead atoms. The summed E-state index contributed by atoms with van der Waals surface area (Å²) in [5.74, 6) is 0.239. The van der Waals surface area contributed by atoms with Crippen LogP contribution in [0.25, 0.3) is 10.9 Å². The molecule has 11 heteroatoms. The molecule has 0 radical (unpaired) electrons. The number of hydrogen-bond donors (Lipinski definition) is 3. The van der Waals surface area contributed by atoms with Gasteiger partial charge in [0.1, 0.15) is 11.3 Å². The minimum Gasteiger partial charge on any atom is -0.506 e. The third kappa shape index (κ3) is 5.90. The van der Waals surface area contributed by atoms with Gasteiger partial charge < -0.3 is 5.11 Å². The lowest BCUT2D eigenvalue weighted by Gasteiger charge is -1.96. The molecule has 0 saturated carbocycles. The van der Waals surface area contributed by atoms with Crippen molar-refractivity contribution in [2.75, 3.05) is 0 Å². The number of aromatic nitrogens is 1. The van der Waals surface area contributed by atoms with Crippen LogP contribution in [0.4, 0.5) is 0 Å². The van der Waals surface area contributed by atoms with Crippen molar-refractivity contribution < 1.29 is 34.7 Å². The van der Waals surface area contributed by atoms with Crippen LogP contribution in [0.15, 0.2) is 36.5 Å². The van der Waals surface area contributed by atoms with Gasteiger partial charge in [0.25, 0.3) is 0 Å². The maximum absolute atomic E-state index is 9.44. The first-order valence-electron chi connectivity index (χ1n) is 4.77. The Labute approximate surface area is 114 Å². The van der Waals surface area contributed by atoms with Crippen LogP contribution in [-0.2, 0) is 24.4 Å². The monoisotopic (exact) mass is 323 g/mol. The number of nitrogens with zero attached hydrogens (tertiary/aromatic N) is 1. The molecular formula is C9H9NO8S2. The minimum atomic E-state index is -5.12. The van der Waals surface area contributed by atoms with Gasteiger partial charge in [0.2, 0.25) is 0 Å². The summed E-state index contributed by atoms with van der Waals surface area (Å²) < 4.78 is 55.6. The molecule has 9 nitrogen and oxygen atoms in total. The van der Waals surface area contributed by atoms with Crippen molar-refractivity contribution in [3.8, 4) is 5.75 Å². The van der Waals surface area contributed by atoms with Gasteiger partial charge in [-0.15, -0.1) is 3.63 Å². The number of aromatic hydroxyl groups is 1. The summed E-state index contributed by atoms with van der Waals surface area (Å²) in [6.45, 7) is 0. The average Bonchev–Trinajstić information content (AvgIpc) is 2.25. The van der Waals surface area contributed by atoms with Crippen LogP contribution >= 0.6 is 0 Å². The fourth-order valence-electron chi connectivity index (χ4n) is 1.20. The van der Waals surface area contributed by atoms with Crippen molar-refractivity contribution in [3.05, 3.63) is 36.5 Å². The summed E-state index contributed by atoms with van der Waals surface area (Å²) in [5.41, 5.74) is 0.662. The van der Waals surface area contributed by atoms with Crippen molar-refractivity contribution >= 4 is 31.7 Å². The highest BCUT2D eigenvalue weighted by Gasteiger charge is 2.15. The third-order valence-electron chi connectivity index (χ3n) is 1.78. The Morgan fingerprint density at radius 2 is 1.50 bits per heavy atom. The standard InChI is InChI=1S/C9H7NO.H2O7S2/c11-8-5-1-3-7-4-2-6-10-9(7)8;1-8(2,3)7-9(4,5)6/h1-6,11H;(H,1,2,3)(H,4,5,6). The number of rotatable bonds is 2. The Balaban J connectivity index is 0.000000206. The zero-order chi connectivity index (χ0) is 15.4. The van der Waals surface area contributed by atoms with Crippen LogP contribution in [-0.4, -0.2) is 36.0 Å². The number of hydrogen-bond acceptors (Lipinski definition) is 7. The largest absolute Gasteiger partial charge is 0.506 e. The molecule has 0 spiro atoms. The van der Waals surface area contributed by atoms with E-state index in [1.165, 1.54) is 0 Å². The molecule has 1 heterocycles. The van der Waals surface area contributed by atoms with Crippen LogP contribution in [0.2, 0.25) is 0 Å². The van der Waals surface area contributed by atoms with E-state index in [9.17, 15) is 21.9 Å². The fraction of sp³-hybridized carbons (Fsp3) is 0. The molecule has 3 N–H and O–H groups in total. The minimum absolute atomic E-state index is 0.239. The quantitative estimate of drug-likeness (QED) is 0.672. The molecule has 2 aromatic rings. The first-order valence-corrected chi connectivity index (χ1v) is 7.50. The number of phenols is 1. The van der Waals surface area contributed by atoms with E-state index in [2.05, 4.69) is 8.61 Å². The lowest BCUT2D eigenvalue weighted by Crippen LogP contribution is -2.10. The van der Waals surface area contributed by atoms with Crippen LogP contribution in [0.3, 0.4) is 0 Å².